The third-order valence-corrected chi connectivity index (χ3v) is 2.96. The molecule has 0 atom stereocenters. The summed E-state index contributed by atoms with van der Waals surface area (Å²) >= 11 is 1.57. The lowest BCUT2D eigenvalue weighted by atomic mass is 10.4. The Hall–Kier alpha value is -1.27. The molecule has 0 radical (unpaired) electrons. The third-order valence-electron chi connectivity index (χ3n) is 1.90. The van der Waals surface area contributed by atoms with E-state index in [2.05, 4.69) is 20.4 Å². The smallest absolute Gasteiger partial charge is 0.269 e. The Kier molecular flexibility index (Phi) is 2.79. The maximum atomic E-state index is 5.17. The van der Waals surface area contributed by atoms with E-state index in [-0.39, 0.29) is 0 Å². The van der Waals surface area contributed by atoms with Gasteiger partial charge in [0.2, 0.25) is 0 Å². The highest BCUT2D eigenvalue weighted by Gasteiger charge is 2.14. The van der Waals surface area contributed by atoms with Crippen molar-refractivity contribution in [2.24, 2.45) is 0 Å². The van der Waals surface area contributed by atoms with E-state index in [1.54, 1.807) is 11.3 Å². The molecule has 2 heterocycles. The van der Waals surface area contributed by atoms with Crippen molar-refractivity contribution in [2.75, 3.05) is 7.05 Å². The summed E-state index contributed by atoms with van der Waals surface area (Å²) in [6, 6.07) is 0. The van der Waals surface area contributed by atoms with Gasteiger partial charge in [0, 0.05) is 0 Å². The van der Waals surface area contributed by atoms with Gasteiger partial charge in [-0.15, -0.1) is 11.3 Å². The summed E-state index contributed by atoms with van der Waals surface area (Å²) < 4.78 is 5.17. The van der Waals surface area contributed by atoms with Gasteiger partial charge in [-0.3, -0.25) is 0 Å². The van der Waals surface area contributed by atoms with Crippen LogP contribution in [0.25, 0.3) is 10.8 Å². The van der Waals surface area contributed by atoms with Gasteiger partial charge in [-0.25, -0.2) is 4.98 Å². The minimum atomic E-state index is 0.559. The zero-order valence-corrected chi connectivity index (χ0v) is 9.68. The standard InChI is InChI=1S/C9H12N4OS/c1-5-8(15-6(2)11-5)9-12-7(4-10-3)13-14-9/h10H,4H2,1-3H3. The van der Waals surface area contributed by atoms with E-state index in [0.29, 0.717) is 18.3 Å². The van der Waals surface area contributed by atoms with Gasteiger partial charge in [0.25, 0.3) is 5.89 Å². The number of aryl methyl sites for hydroxylation is 2. The van der Waals surface area contributed by atoms with Crippen molar-refractivity contribution in [2.45, 2.75) is 20.4 Å². The molecule has 0 aliphatic heterocycles. The van der Waals surface area contributed by atoms with Crippen LogP contribution in [-0.2, 0) is 6.54 Å². The van der Waals surface area contributed by atoms with E-state index in [0.717, 1.165) is 15.6 Å². The summed E-state index contributed by atoms with van der Waals surface area (Å²) in [5.74, 6) is 1.22. The van der Waals surface area contributed by atoms with E-state index in [9.17, 15) is 0 Å². The summed E-state index contributed by atoms with van der Waals surface area (Å²) in [5, 5.41) is 7.84. The topological polar surface area (TPSA) is 63.8 Å². The van der Waals surface area contributed by atoms with Crippen molar-refractivity contribution in [1.29, 1.82) is 0 Å². The average molecular weight is 224 g/mol. The van der Waals surface area contributed by atoms with Crippen molar-refractivity contribution < 1.29 is 4.52 Å². The molecule has 0 fully saturated rings. The van der Waals surface area contributed by atoms with Gasteiger partial charge in [0.1, 0.15) is 4.88 Å². The predicted octanol–water partition coefficient (Wildman–Crippen LogP) is 1.53. The first-order valence-corrected chi connectivity index (χ1v) is 5.44. The van der Waals surface area contributed by atoms with Crippen molar-refractivity contribution in [1.82, 2.24) is 20.4 Å². The second kappa shape index (κ2) is 4.08. The quantitative estimate of drug-likeness (QED) is 0.856. The molecule has 0 aliphatic rings. The monoisotopic (exact) mass is 224 g/mol. The zero-order valence-electron chi connectivity index (χ0n) is 8.87. The number of aromatic nitrogens is 3. The molecule has 2 rings (SSSR count). The zero-order chi connectivity index (χ0) is 10.8. The van der Waals surface area contributed by atoms with Crippen LogP contribution in [-0.4, -0.2) is 22.2 Å². The Bertz CT molecular complexity index is 462. The molecule has 1 N–H and O–H groups in total. The van der Waals surface area contributed by atoms with Crippen LogP contribution >= 0.6 is 11.3 Å². The number of nitrogens with one attached hydrogen (secondary N) is 1. The molecule has 0 saturated carbocycles. The van der Waals surface area contributed by atoms with Crippen LogP contribution in [0.1, 0.15) is 16.5 Å². The van der Waals surface area contributed by atoms with Gasteiger partial charge >= 0.3 is 0 Å². The Morgan fingerprint density at radius 1 is 1.33 bits per heavy atom. The van der Waals surface area contributed by atoms with E-state index in [1.165, 1.54) is 0 Å². The van der Waals surface area contributed by atoms with Crippen molar-refractivity contribution >= 4 is 11.3 Å². The third kappa shape index (κ3) is 2.05. The minimum Gasteiger partial charge on any atom is -0.333 e. The van der Waals surface area contributed by atoms with Crippen molar-refractivity contribution in [3.63, 3.8) is 0 Å². The number of rotatable bonds is 3. The Labute approximate surface area is 91.5 Å². The summed E-state index contributed by atoms with van der Waals surface area (Å²) in [5.41, 5.74) is 0.942. The normalized spacial score (nSPS) is 10.9. The summed E-state index contributed by atoms with van der Waals surface area (Å²) in [4.78, 5) is 9.55. The molecule has 0 aromatic carbocycles. The SMILES string of the molecule is CNCc1noc(-c2sc(C)nc2C)n1. The fourth-order valence-electron chi connectivity index (χ4n) is 1.31. The highest BCUT2D eigenvalue weighted by molar-refractivity contribution is 7.15. The molecule has 15 heavy (non-hydrogen) atoms. The average Bonchev–Trinajstić information content (AvgIpc) is 2.73. The second-order valence-electron chi connectivity index (χ2n) is 3.19. The van der Waals surface area contributed by atoms with E-state index in [1.807, 2.05) is 20.9 Å². The first kappa shape index (κ1) is 10.3. The largest absolute Gasteiger partial charge is 0.333 e. The molecule has 0 aliphatic carbocycles. The van der Waals surface area contributed by atoms with Gasteiger partial charge in [-0.1, -0.05) is 5.16 Å². The summed E-state index contributed by atoms with van der Waals surface area (Å²) in [6.45, 7) is 4.52. The van der Waals surface area contributed by atoms with Crippen LogP contribution in [0.15, 0.2) is 4.52 Å². The molecule has 0 unspecified atom stereocenters. The molecular formula is C9H12N4OS. The first-order chi connectivity index (χ1) is 7.20. The first-order valence-electron chi connectivity index (χ1n) is 4.62. The maximum absolute atomic E-state index is 5.17. The molecule has 6 heteroatoms. The van der Waals surface area contributed by atoms with Gasteiger partial charge < -0.3 is 9.84 Å². The van der Waals surface area contributed by atoms with Crippen molar-refractivity contribution in [3.8, 4) is 10.8 Å². The Balaban J connectivity index is 2.32. The molecule has 5 nitrogen and oxygen atoms in total. The highest BCUT2D eigenvalue weighted by Crippen LogP contribution is 2.27. The van der Waals surface area contributed by atoms with Crippen LogP contribution in [0.4, 0.5) is 0 Å². The number of hydrogen-bond acceptors (Lipinski definition) is 6. The summed E-state index contributed by atoms with van der Waals surface area (Å²) in [6.07, 6.45) is 0. The predicted molar refractivity (Wildman–Crippen MR) is 57.6 cm³/mol. The molecule has 2 aromatic rings. The molecule has 0 spiro atoms. The second-order valence-corrected chi connectivity index (χ2v) is 4.40. The maximum Gasteiger partial charge on any atom is 0.269 e. The lowest BCUT2D eigenvalue weighted by Gasteiger charge is -1.88. The minimum absolute atomic E-state index is 0.559. The molecule has 80 valence electrons. The van der Waals surface area contributed by atoms with Gasteiger partial charge in [-0.2, -0.15) is 4.98 Å². The van der Waals surface area contributed by atoms with Crippen LogP contribution < -0.4 is 5.32 Å². The van der Waals surface area contributed by atoms with Crippen LogP contribution in [0.5, 0.6) is 0 Å². The lowest BCUT2D eigenvalue weighted by Crippen LogP contribution is -2.06. The van der Waals surface area contributed by atoms with Gasteiger partial charge in [0.05, 0.1) is 17.2 Å². The van der Waals surface area contributed by atoms with E-state index < -0.39 is 0 Å². The molecule has 0 amide bonds. The van der Waals surface area contributed by atoms with Crippen LogP contribution in [0.3, 0.4) is 0 Å². The fourth-order valence-corrected chi connectivity index (χ4v) is 2.15. The Morgan fingerprint density at radius 2 is 2.13 bits per heavy atom. The van der Waals surface area contributed by atoms with E-state index >= 15 is 0 Å². The fraction of sp³-hybridized carbons (Fsp3) is 0.444. The van der Waals surface area contributed by atoms with Crippen molar-refractivity contribution in [3.05, 3.63) is 16.5 Å². The van der Waals surface area contributed by atoms with Crippen LogP contribution in [0, 0.1) is 13.8 Å². The van der Waals surface area contributed by atoms with E-state index in [4.69, 9.17) is 4.52 Å². The van der Waals surface area contributed by atoms with Gasteiger partial charge in [-0.05, 0) is 20.9 Å². The molecular weight excluding hydrogens is 212 g/mol. The molecule has 0 saturated heterocycles. The highest BCUT2D eigenvalue weighted by atomic mass is 32.1. The number of nitrogens with zero attached hydrogens (tertiary/aromatic N) is 3. The summed E-state index contributed by atoms with van der Waals surface area (Å²) in [7, 11) is 1.85. The number of hydrogen-bond donors (Lipinski definition) is 1. The van der Waals surface area contributed by atoms with Crippen LogP contribution in [0.2, 0.25) is 0 Å². The molecule has 0 bridgehead atoms. The van der Waals surface area contributed by atoms with Gasteiger partial charge in [0.15, 0.2) is 5.82 Å². The molecule has 2 aromatic heterocycles. The Morgan fingerprint density at radius 3 is 2.73 bits per heavy atom. The number of thiazole rings is 1. The lowest BCUT2D eigenvalue weighted by molar-refractivity contribution is 0.421.